The van der Waals surface area contributed by atoms with E-state index in [0.29, 0.717) is 11.8 Å². The summed E-state index contributed by atoms with van der Waals surface area (Å²) in [5, 5.41) is 1.20. The van der Waals surface area contributed by atoms with E-state index in [4.69, 9.17) is 4.98 Å². The van der Waals surface area contributed by atoms with Crippen molar-refractivity contribution in [1.82, 2.24) is 9.88 Å². The molecular weight excluding hydrogens is 304 g/mol. The lowest BCUT2D eigenvalue weighted by Crippen LogP contribution is -2.42. The molecule has 1 aromatic heterocycles. The van der Waals surface area contributed by atoms with Gasteiger partial charge in [0.2, 0.25) is 5.91 Å². The highest BCUT2D eigenvalue weighted by Gasteiger charge is 2.30. The monoisotopic (exact) mass is 326 g/mol. The fraction of sp³-hybridized carbons (Fsp3) is 0.474. The maximum absolute atomic E-state index is 12.8. The van der Waals surface area contributed by atoms with Crippen LogP contribution in [0.2, 0.25) is 0 Å². The Kier molecular flexibility index (Phi) is 4.17. The topological polar surface area (TPSA) is 33.2 Å². The molecule has 23 heavy (non-hydrogen) atoms. The first kappa shape index (κ1) is 14.9. The normalized spacial score (nSPS) is 25.0. The van der Waals surface area contributed by atoms with Gasteiger partial charge in [-0.15, -0.1) is 11.3 Å². The van der Waals surface area contributed by atoms with Gasteiger partial charge >= 0.3 is 0 Å². The zero-order valence-electron chi connectivity index (χ0n) is 13.3. The number of likely N-dealkylation sites (tertiary alicyclic amines) is 1. The fourth-order valence-electron chi connectivity index (χ4n) is 3.72. The SMILES string of the molecule is O=C([C@@H]1CC=CCC1)N1CCC[C@H](c2nc3ccccc3s2)C1. The number of hydrogen-bond donors (Lipinski definition) is 0. The lowest BCUT2D eigenvalue weighted by molar-refractivity contribution is -0.137. The second kappa shape index (κ2) is 6.44. The van der Waals surface area contributed by atoms with Crippen LogP contribution in [0.4, 0.5) is 0 Å². The van der Waals surface area contributed by atoms with Gasteiger partial charge in [0.05, 0.1) is 15.2 Å². The number of benzene rings is 1. The molecule has 4 rings (SSSR count). The summed E-state index contributed by atoms with van der Waals surface area (Å²) < 4.78 is 1.25. The summed E-state index contributed by atoms with van der Waals surface area (Å²) in [6.07, 6.45) is 9.58. The predicted octanol–water partition coefficient (Wildman–Crippen LogP) is 4.36. The number of allylic oxidation sites excluding steroid dienone is 2. The van der Waals surface area contributed by atoms with Crippen LogP contribution in [0.3, 0.4) is 0 Å². The van der Waals surface area contributed by atoms with Gasteiger partial charge in [0.15, 0.2) is 0 Å². The van der Waals surface area contributed by atoms with E-state index in [1.54, 1.807) is 11.3 Å². The number of nitrogens with zero attached hydrogens (tertiary/aromatic N) is 2. The van der Waals surface area contributed by atoms with Crippen molar-refractivity contribution in [3.8, 4) is 0 Å². The second-order valence-electron chi connectivity index (χ2n) is 6.62. The molecule has 3 nitrogen and oxygen atoms in total. The van der Waals surface area contributed by atoms with Gasteiger partial charge in [0, 0.05) is 24.9 Å². The average molecular weight is 326 g/mol. The summed E-state index contributed by atoms with van der Waals surface area (Å²) in [5.74, 6) is 0.971. The fourth-order valence-corrected chi connectivity index (χ4v) is 4.81. The lowest BCUT2D eigenvalue weighted by Gasteiger charge is -2.34. The maximum Gasteiger partial charge on any atom is 0.226 e. The Balaban J connectivity index is 1.50. The molecule has 0 spiro atoms. The molecule has 2 aromatic rings. The first-order valence-corrected chi connectivity index (χ1v) is 9.42. The summed E-state index contributed by atoms with van der Waals surface area (Å²) in [6, 6.07) is 8.32. The van der Waals surface area contributed by atoms with Crippen LogP contribution in [0.1, 0.15) is 43.0 Å². The van der Waals surface area contributed by atoms with Crippen LogP contribution in [-0.4, -0.2) is 28.9 Å². The quantitative estimate of drug-likeness (QED) is 0.768. The van der Waals surface area contributed by atoms with Crippen molar-refractivity contribution in [3.05, 3.63) is 41.4 Å². The highest BCUT2D eigenvalue weighted by molar-refractivity contribution is 7.18. The minimum absolute atomic E-state index is 0.203. The number of para-hydroxylation sites is 1. The van der Waals surface area contributed by atoms with Crippen molar-refractivity contribution < 1.29 is 4.79 Å². The molecule has 2 atom stereocenters. The van der Waals surface area contributed by atoms with E-state index in [2.05, 4.69) is 35.3 Å². The molecule has 1 aliphatic carbocycles. The largest absolute Gasteiger partial charge is 0.342 e. The second-order valence-corrected chi connectivity index (χ2v) is 7.69. The van der Waals surface area contributed by atoms with Crippen molar-refractivity contribution >= 4 is 27.5 Å². The zero-order valence-corrected chi connectivity index (χ0v) is 14.1. The Morgan fingerprint density at radius 1 is 1.22 bits per heavy atom. The average Bonchev–Trinajstić information content (AvgIpc) is 3.06. The predicted molar refractivity (Wildman–Crippen MR) is 94.7 cm³/mol. The summed E-state index contributed by atoms with van der Waals surface area (Å²) in [6.45, 7) is 1.76. The van der Waals surface area contributed by atoms with Gasteiger partial charge < -0.3 is 4.90 Å². The summed E-state index contributed by atoms with van der Waals surface area (Å²) >= 11 is 1.79. The van der Waals surface area contributed by atoms with Crippen molar-refractivity contribution in [3.63, 3.8) is 0 Å². The number of carbonyl (C=O) groups excluding carboxylic acids is 1. The number of thiazole rings is 1. The Hall–Kier alpha value is -1.68. The van der Waals surface area contributed by atoms with Crippen LogP contribution in [0.5, 0.6) is 0 Å². The van der Waals surface area contributed by atoms with Gasteiger partial charge in [-0.3, -0.25) is 4.79 Å². The molecule has 1 amide bonds. The smallest absolute Gasteiger partial charge is 0.226 e. The summed E-state index contributed by atoms with van der Waals surface area (Å²) in [5.41, 5.74) is 1.09. The third kappa shape index (κ3) is 3.05. The molecule has 0 saturated carbocycles. The van der Waals surface area contributed by atoms with E-state index in [1.165, 1.54) is 9.71 Å². The van der Waals surface area contributed by atoms with Crippen LogP contribution in [0.25, 0.3) is 10.2 Å². The van der Waals surface area contributed by atoms with Gasteiger partial charge in [0.1, 0.15) is 0 Å². The van der Waals surface area contributed by atoms with Crippen LogP contribution >= 0.6 is 11.3 Å². The number of fused-ring (bicyclic) bond motifs is 1. The van der Waals surface area contributed by atoms with E-state index in [0.717, 1.165) is 50.7 Å². The highest BCUT2D eigenvalue weighted by Crippen LogP contribution is 2.34. The molecule has 1 fully saturated rings. The van der Waals surface area contributed by atoms with Gasteiger partial charge in [-0.05, 0) is 44.2 Å². The van der Waals surface area contributed by atoms with E-state index >= 15 is 0 Å². The first-order valence-electron chi connectivity index (χ1n) is 8.60. The Labute approximate surface area is 141 Å². The zero-order chi connectivity index (χ0) is 15.6. The molecular formula is C19H22N2OS. The Morgan fingerprint density at radius 2 is 2.13 bits per heavy atom. The van der Waals surface area contributed by atoms with Crippen molar-refractivity contribution in [1.29, 1.82) is 0 Å². The van der Waals surface area contributed by atoms with Gasteiger partial charge in [-0.2, -0.15) is 0 Å². The molecule has 120 valence electrons. The van der Waals surface area contributed by atoms with E-state index in [1.807, 2.05) is 6.07 Å². The maximum atomic E-state index is 12.8. The molecule has 4 heteroatoms. The van der Waals surface area contributed by atoms with E-state index in [9.17, 15) is 4.79 Å². The molecule has 0 bridgehead atoms. The van der Waals surface area contributed by atoms with Gasteiger partial charge in [-0.1, -0.05) is 24.3 Å². The summed E-state index contributed by atoms with van der Waals surface area (Å²) in [4.78, 5) is 19.7. The van der Waals surface area contributed by atoms with E-state index in [-0.39, 0.29) is 5.92 Å². The van der Waals surface area contributed by atoms with Crippen molar-refractivity contribution in [2.24, 2.45) is 5.92 Å². The van der Waals surface area contributed by atoms with E-state index < -0.39 is 0 Å². The molecule has 1 saturated heterocycles. The molecule has 1 aliphatic heterocycles. The van der Waals surface area contributed by atoms with Crippen LogP contribution in [0, 0.1) is 5.92 Å². The Morgan fingerprint density at radius 3 is 2.96 bits per heavy atom. The molecule has 2 heterocycles. The lowest BCUT2D eigenvalue weighted by atomic mass is 9.91. The molecule has 0 radical (unpaired) electrons. The third-order valence-corrected chi connectivity index (χ3v) is 6.21. The number of amides is 1. The minimum Gasteiger partial charge on any atom is -0.342 e. The number of hydrogen-bond acceptors (Lipinski definition) is 3. The van der Waals surface area contributed by atoms with Crippen LogP contribution in [0.15, 0.2) is 36.4 Å². The minimum atomic E-state index is 0.203. The number of aromatic nitrogens is 1. The molecule has 0 unspecified atom stereocenters. The Bertz CT molecular complexity index is 703. The number of piperidine rings is 1. The van der Waals surface area contributed by atoms with Crippen LogP contribution in [-0.2, 0) is 4.79 Å². The van der Waals surface area contributed by atoms with Gasteiger partial charge in [0.25, 0.3) is 0 Å². The number of rotatable bonds is 2. The number of carbonyl (C=O) groups is 1. The highest BCUT2D eigenvalue weighted by atomic mass is 32.1. The van der Waals surface area contributed by atoms with Crippen LogP contribution < -0.4 is 0 Å². The third-order valence-electron chi connectivity index (χ3n) is 5.01. The standard InChI is InChI=1S/C19H22N2OS/c22-19(14-7-2-1-3-8-14)21-12-6-9-15(13-21)18-20-16-10-4-5-11-17(16)23-18/h1-2,4-5,10-11,14-15H,3,6-9,12-13H2/t14-,15+/m1/s1. The first-order chi connectivity index (χ1) is 11.3. The molecule has 1 aromatic carbocycles. The van der Waals surface area contributed by atoms with Crippen molar-refractivity contribution in [2.75, 3.05) is 13.1 Å². The van der Waals surface area contributed by atoms with Gasteiger partial charge in [-0.25, -0.2) is 4.98 Å². The molecule has 2 aliphatic rings. The molecule has 0 N–H and O–H groups in total. The van der Waals surface area contributed by atoms with Crippen molar-refractivity contribution in [2.45, 2.75) is 38.0 Å². The summed E-state index contributed by atoms with van der Waals surface area (Å²) in [7, 11) is 0.